The molecule has 51 heavy (non-hydrogen) atoms. The van der Waals surface area contributed by atoms with Crippen LogP contribution in [0.2, 0.25) is 0 Å². The fourth-order valence-corrected chi connectivity index (χ4v) is 12.5. The molecule has 1 spiro atoms. The van der Waals surface area contributed by atoms with Gasteiger partial charge in [0, 0.05) is 41.6 Å². The van der Waals surface area contributed by atoms with Gasteiger partial charge in [-0.2, -0.15) is 49.9 Å². The van der Waals surface area contributed by atoms with E-state index in [1.807, 2.05) is 6.92 Å². The number of hydrogen-bond donors (Lipinski definition) is 1. The largest absolute Gasteiger partial charge is 0.456 e. The van der Waals surface area contributed by atoms with E-state index < -0.39 is 65.3 Å². The first kappa shape index (κ1) is 38.4. The minimum atomic E-state index is -4.76. The summed E-state index contributed by atoms with van der Waals surface area (Å²) in [5.41, 5.74) is -2.41. The molecule has 3 unspecified atom stereocenters. The van der Waals surface area contributed by atoms with E-state index in [2.05, 4.69) is 6.92 Å². The van der Waals surface area contributed by atoms with Crippen LogP contribution in [0.25, 0.3) is 0 Å². The van der Waals surface area contributed by atoms with E-state index in [0.29, 0.717) is 62.9 Å². The summed E-state index contributed by atoms with van der Waals surface area (Å²) in [5.74, 6) is -3.66. The predicted octanol–water partition coefficient (Wildman–Crippen LogP) is 9.17. The van der Waals surface area contributed by atoms with Gasteiger partial charge in [-0.1, -0.05) is 13.8 Å². The lowest BCUT2D eigenvalue weighted by atomic mass is 9.59. The summed E-state index contributed by atoms with van der Waals surface area (Å²) in [6.45, 7) is 7.56. The van der Waals surface area contributed by atoms with Crippen molar-refractivity contribution in [3.8, 4) is 0 Å². The molecule has 0 amide bonds. The zero-order valence-electron chi connectivity index (χ0n) is 29.3. The number of alkyl halides is 6. The maximum absolute atomic E-state index is 14.5. The molecule has 2 aliphatic carbocycles. The minimum absolute atomic E-state index is 0.0116. The van der Waals surface area contributed by atoms with Crippen LogP contribution in [0.4, 0.5) is 26.3 Å². The molecule has 8 rings (SSSR count). The standard InChI is InChI=1S/C35H48F6O8S2/c1-18-6-9-25-21(27(34(36,37)38)44-29-32(25,47-42)23(18)11-8-20(3)43-29)16-50-14-5-15-51-17-22-26-10-7-19(2)24-12-13-31(4)46-30(33(24,26)49-48-31)45-28(22)35(39,40)41/h18-20,23-26,29-30,42H,5-17H2,1-4H3/t18-,19-,20+,23?,24?,25+,26+,29+,30-,31-,32?,33-/m1/s1. The van der Waals surface area contributed by atoms with Crippen molar-refractivity contribution in [1.29, 1.82) is 0 Å². The van der Waals surface area contributed by atoms with Gasteiger partial charge in [-0.15, -0.1) is 0 Å². The molecule has 0 aromatic heterocycles. The highest BCUT2D eigenvalue weighted by molar-refractivity contribution is 8.00. The number of allylic oxidation sites excluding steroid dienone is 2. The quantitative estimate of drug-likeness (QED) is 0.106. The van der Waals surface area contributed by atoms with Gasteiger partial charge in [0.05, 0.1) is 6.10 Å². The Hall–Kier alpha value is -0.880. The number of thioether (sulfide) groups is 2. The lowest BCUT2D eigenvalue weighted by Gasteiger charge is -2.57. The second-order valence-corrected chi connectivity index (χ2v) is 18.0. The van der Waals surface area contributed by atoms with Crippen LogP contribution in [-0.4, -0.2) is 76.3 Å². The lowest BCUT2D eigenvalue weighted by molar-refractivity contribution is -0.557. The number of hydrogen-bond acceptors (Lipinski definition) is 10. The zero-order chi connectivity index (χ0) is 36.6. The van der Waals surface area contributed by atoms with Gasteiger partial charge < -0.3 is 18.9 Å². The first-order valence-electron chi connectivity index (χ1n) is 18.2. The molecule has 6 heterocycles. The van der Waals surface area contributed by atoms with Gasteiger partial charge in [-0.05, 0) is 99.7 Å². The molecule has 0 aromatic rings. The van der Waals surface area contributed by atoms with E-state index in [1.54, 1.807) is 13.8 Å². The fourth-order valence-electron chi connectivity index (χ4n) is 10.2. The molecule has 16 heteroatoms. The molecule has 2 bridgehead atoms. The van der Waals surface area contributed by atoms with Crippen LogP contribution in [0.15, 0.2) is 22.7 Å². The summed E-state index contributed by atoms with van der Waals surface area (Å²) in [4.78, 5) is 17.0. The van der Waals surface area contributed by atoms with Crippen LogP contribution in [-0.2, 0) is 33.6 Å². The summed E-state index contributed by atoms with van der Waals surface area (Å²) in [7, 11) is 0. The van der Waals surface area contributed by atoms with Crippen LogP contribution in [0, 0.1) is 35.5 Å². The second kappa shape index (κ2) is 14.0. The van der Waals surface area contributed by atoms with Crippen LogP contribution in [0.3, 0.4) is 0 Å². The summed E-state index contributed by atoms with van der Waals surface area (Å²) in [6.07, 6.45) is -7.23. The third kappa shape index (κ3) is 6.54. The number of fused-ring (bicyclic) bond motifs is 2. The highest BCUT2D eigenvalue weighted by Crippen LogP contribution is 2.62. The maximum Gasteiger partial charge on any atom is 0.449 e. The first-order chi connectivity index (χ1) is 24.0. The highest BCUT2D eigenvalue weighted by Gasteiger charge is 2.70. The van der Waals surface area contributed by atoms with Crippen LogP contribution in [0.1, 0.15) is 85.5 Å². The molecular formula is C35H48F6O8S2. The van der Waals surface area contributed by atoms with Crippen LogP contribution >= 0.6 is 23.5 Å². The molecule has 290 valence electrons. The fraction of sp³-hybridized carbons (Fsp3) is 0.886. The van der Waals surface area contributed by atoms with E-state index in [4.69, 9.17) is 33.6 Å². The van der Waals surface area contributed by atoms with Crippen LogP contribution < -0.4 is 0 Å². The molecule has 4 saturated heterocycles. The second-order valence-electron chi connectivity index (χ2n) is 15.8. The molecule has 8 aliphatic rings. The van der Waals surface area contributed by atoms with Crippen molar-refractivity contribution in [3.05, 3.63) is 22.7 Å². The summed E-state index contributed by atoms with van der Waals surface area (Å²) in [5, 5.41) is 10.4. The highest BCUT2D eigenvalue weighted by atomic mass is 32.2. The zero-order valence-corrected chi connectivity index (χ0v) is 30.9. The monoisotopic (exact) mass is 774 g/mol. The van der Waals surface area contributed by atoms with Gasteiger partial charge >= 0.3 is 12.4 Å². The van der Waals surface area contributed by atoms with E-state index >= 15 is 0 Å². The minimum Gasteiger partial charge on any atom is -0.456 e. The number of halogens is 6. The molecule has 1 N–H and O–H groups in total. The van der Waals surface area contributed by atoms with Crippen molar-refractivity contribution >= 4 is 23.5 Å². The molecule has 8 nitrogen and oxygen atoms in total. The van der Waals surface area contributed by atoms with Gasteiger partial charge in [0.2, 0.25) is 29.9 Å². The number of rotatable bonds is 9. The average molecular weight is 775 g/mol. The number of ether oxygens (including phenoxy) is 4. The Morgan fingerprint density at radius 2 is 1.33 bits per heavy atom. The van der Waals surface area contributed by atoms with Crippen molar-refractivity contribution in [1.82, 2.24) is 0 Å². The summed E-state index contributed by atoms with van der Waals surface area (Å²) in [6, 6.07) is 0. The Kier molecular flexibility index (Phi) is 10.5. The lowest BCUT2D eigenvalue weighted by Crippen LogP contribution is -2.67. The van der Waals surface area contributed by atoms with E-state index in [-0.39, 0.29) is 52.4 Å². The van der Waals surface area contributed by atoms with Crippen molar-refractivity contribution in [3.63, 3.8) is 0 Å². The molecule has 12 atom stereocenters. The van der Waals surface area contributed by atoms with Crippen molar-refractivity contribution in [2.24, 2.45) is 35.5 Å². The smallest absolute Gasteiger partial charge is 0.449 e. The third-order valence-corrected chi connectivity index (χ3v) is 14.9. The average Bonchev–Trinajstić information content (AvgIpc) is 3.38. The third-order valence-electron chi connectivity index (χ3n) is 12.7. The maximum atomic E-state index is 14.5. The van der Waals surface area contributed by atoms with Gasteiger partial charge in [0.25, 0.3) is 0 Å². The molecule has 2 saturated carbocycles. The molecular weight excluding hydrogens is 726 g/mol. The Morgan fingerprint density at radius 1 is 0.745 bits per heavy atom. The normalized spacial score (nSPS) is 43.9. The summed E-state index contributed by atoms with van der Waals surface area (Å²) < 4.78 is 110. The molecule has 0 radical (unpaired) electrons. The van der Waals surface area contributed by atoms with E-state index in [1.165, 1.54) is 23.5 Å². The van der Waals surface area contributed by atoms with Gasteiger partial charge in [-0.25, -0.2) is 14.7 Å². The Bertz CT molecular complexity index is 1310. The van der Waals surface area contributed by atoms with Gasteiger partial charge in [0.15, 0.2) is 11.2 Å². The Labute approximate surface area is 302 Å². The SMILES string of the molecule is C[C@@H]1CC[C@H]2C(CSCCCSCC3=C(C(F)(F)F)O[C@@H]4O[C@@]5(C)CCC6[C@H](C)CC[C@@H]3[C@]64OO5)=C(C(F)(F)F)O[C@@H]3O[C@@H](C)CCC1C32OO. The predicted molar refractivity (Wildman–Crippen MR) is 176 cm³/mol. The molecule has 6 aliphatic heterocycles. The Morgan fingerprint density at radius 3 is 1.96 bits per heavy atom. The van der Waals surface area contributed by atoms with E-state index in [9.17, 15) is 31.6 Å². The summed E-state index contributed by atoms with van der Waals surface area (Å²) >= 11 is 2.65. The van der Waals surface area contributed by atoms with Gasteiger partial charge in [0.1, 0.15) is 0 Å². The van der Waals surface area contributed by atoms with Crippen molar-refractivity contribution in [2.45, 2.75) is 134 Å². The van der Waals surface area contributed by atoms with Crippen molar-refractivity contribution in [2.75, 3.05) is 23.0 Å². The van der Waals surface area contributed by atoms with Crippen LogP contribution in [0.5, 0.6) is 0 Å². The molecule has 6 fully saturated rings. The van der Waals surface area contributed by atoms with E-state index in [0.717, 1.165) is 6.42 Å². The topological polar surface area (TPSA) is 84.8 Å². The Balaban J connectivity index is 1.03. The first-order valence-corrected chi connectivity index (χ1v) is 20.5. The van der Waals surface area contributed by atoms with Crippen molar-refractivity contribution < 1.29 is 65.2 Å². The van der Waals surface area contributed by atoms with Gasteiger partial charge in [-0.3, -0.25) is 5.26 Å². The molecule has 0 aromatic carbocycles.